The molecule has 1 unspecified atom stereocenters. The van der Waals surface area contributed by atoms with E-state index in [0.29, 0.717) is 12.1 Å². The van der Waals surface area contributed by atoms with Gasteiger partial charge < -0.3 is 10.1 Å². The van der Waals surface area contributed by atoms with Crippen molar-refractivity contribution in [2.45, 2.75) is 52.8 Å². The lowest BCUT2D eigenvalue weighted by Gasteiger charge is -2.19. The van der Waals surface area contributed by atoms with Gasteiger partial charge in [-0.25, -0.2) is 0 Å². The van der Waals surface area contributed by atoms with Crippen LogP contribution in [0.5, 0.6) is 0 Å². The van der Waals surface area contributed by atoms with E-state index in [1.807, 2.05) is 30.7 Å². The van der Waals surface area contributed by atoms with E-state index in [9.17, 15) is 19.7 Å². The van der Waals surface area contributed by atoms with Gasteiger partial charge in [0.2, 0.25) is 0 Å². The molecule has 2 aromatic carbocycles. The Morgan fingerprint density at radius 2 is 1.85 bits per heavy atom. The van der Waals surface area contributed by atoms with Gasteiger partial charge >= 0.3 is 5.97 Å². The smallest absolute Gasteiger partial charge is 0.308 e. The molecule has 9 nitrogen and oxygen atoms in total. The Morgan fingerprint density at radius 3 is 2.50 bits per heavy atom. The number of esters is 1. The highest BCUT2D eigenvalue weighted by atomic mass is 16.6. The summed E-state index contributed by atoms with van der Waals surface area (Å²) in [6.07, 6.45) is -0.582. The molecule has 0 aliphatic carbocycles. The van der Waals surface area contributed by atoms with Crippen LogP contribution in [-0.2, 0) is 16.1 Å². The maximum Gasteiger partial charge on any atom is 0.308 e. The molecule has 0 saturated carbocycles. The number of para-hydroxylation sites is 1. The molecule has 1 aromatic heterocycles. The van der Waals surface area contributed by atoms with Gasteiger partial charge in [-0.15, -0.1) is 0 Å². The molecule has 0 fully saturated rings. The number of nitro groups is 1. The molecular formula is C25H28N4O5. The average molecular weight is 465 g/mol. The van der Waals surface area contributed by atoms with Crippen molar-refractivity contribution in [3.05, 3.63) is 92.8 Å². The van der Waals surface area contributed by atoms with Crippen LogP contribution in [0.4, 0.5) is 5.69 Å². The molecule has 1 atom stereocenters. The van der Waals surface area contributed by atoms with Gasteiger partial charge in [0.15, 0.2) is 0 Å². The SMILES string of the molecule is Cc1cc(C)n(Cc2cccc(C(=O)NC(CC(=O)OC(C)C)c3ccccc3[N+](=O)[O-])c2)n1. The number of hydrogen-bond donors (Lipinski definition) is 1. The molecule has 3 rings (SSSR count). The second-order valence-electron chi connectivity index (χ2n) is 8.37. The van der Waals surface area contributed by atoms with E-state index in [2.05, 4.69) is 10.4 Å². The van der Waals surface area contributed by atoms with Crippen LogP contribution in [0.1, 0.15) is 59.2 Å². The third-order valence-electron chi connectivity index (χ3n) is 5.18. The van der Waals surface area contributed by atoms with Gasteiger partial charge in [-0.1, -0.05) is 30.3 Å². The van der Waals surface area contributed by atoms with Crippen molar-refractivity contribution in [2.24, 2.45) is 0 Å². The maximum absolute atomic E-state index is 13.1. The second-order valence-corrected chi connectivity index (χ2v) is 8.37. The number of ether oxygens (including phenoxy) is 1. The largest absolute Gasteiger partial charge is 0.463 e. The zero-order valence-electron chi connectivity index (χ0n) is 19.6. The summed E-state index contributed by atoms with van der Waals surface area (Å²) in [6, 6.07) is 14.2. The molecule has 0 aliphatic heterocycles. The summed E-state index contributed by atoms with van der Waals surface area (Å²) in [5.41, 5.74) is 3.23. The Kier molecular flexibility index (Phi) is 7.78. The van der Waals surface area contributed by atoms with Crippen LogP contribution >= 0.6 is 0 Å². The van der Waals surface area contributed by atoms with E-state index < -0.39 is 22.8 Å². The molecule has 9 heteroatoms. The summed E-state index contributed by atoms with van der Waals surface area (Å²) in [4.78, 5) is 36.5. The van der Waals surface area contributed by atoms with Crippen molar-refractivity contribution in [1.29, 1.82) is 0 Å². The molecule has 34 heavy (non-hydrogen) atoms. The Bertz CT molecular complexity index is 1200. The van der Waals surface area contributed by atoms with Crippen molar-refractivity contribution in [3.63, 3.8) is 0 Å². The summed E-state index contributed by atoms with van der Waals surface area (Å²) in [5.74, 6) is -1.01. The minimum Gasteiger partial charge on any atom is -0.463 e. The number of aryl methyl sites for hydroxylation is 2. The van der Waals surface area contributed by atoms with E-state index in [-0.39, 0.29) is 23.8 Å². The number of amides is 1. The summed E-state index contributed by atoms with van der Waals surface area (Å²) >= 11 is 0. The first-order chi connectivity index (χ1) is 16.1. The van der Waals surface area contributed by atoms with Crippen molar-refractivity contribution >= 4 is 17.6 Å². The van der Waals surface area contributed by atoms with Crippen molar-refractivity contribution in [2.75, 3.05) is 0 Å². The number of benzene rings is 2. The van der Waals surface area contributed by atoms with Gasteiger partial charge in [0.1, 0.15) is 0 Å². The Hall–Kier alpha value is -4.01. The predicted octanol–water partition coefficient (Wildman–Crippen LogP) is 4.27. The van der Waals surface area contributed by atoms with Crippen LogP contribution < -0.4 is 5.32 Å². The molecule has 178 valence electrons. The highest BCUT2D eigenvalue weighted by Crippen LogP contribution is 2.28. The molecule has 0 bridgehead atoms. The monoisotopic (exact) mass is 464 g/mol. The molecular weight excluding hydrogens is 436 g/mol. The number of hydrogen-bond acceptors (Lipinski definition) is 6. The molecule has 1 heterocycles. The summed E-state index contributed by atoms with van der Waals surface area (Å²) in [5, 5.41) is 18.8. The molecule has 0 spiro atoms. The van der Waals surface area contributed by atoms with Gasteiger partial charge in [-0.2, -0.15) is 5.10 Å². The number of aromatic nitrogens is 2. The first-order valence-corrected chi connectivity index (χ1v) is 11.0. The number of nitrogens with one attached hydrogen (secondary N) is 1. The molecule has 0 radical (unpaired) electrons. The average Bonchev–Trinajstić information content (AvgIpc) is 3.09. The Balaban J connectivity index is 1.86. The standard InChI is InChI=1S/C25H28N4O5/c1-16(2)34-24(30)14-22(21-10-5-6-11-23(21)29(32)33)26-25(31)20-9-7-8-19(13-20)15-28-18(4)12-17(3)27-28/h5-13,16,22H,14-15H2,1-4H3,(H,26,31). The fraction of sp³-hybridized carbons (Fsp3) is 0.320. The van der Waals surface area contributed by atoms with Crippen LogP contribution in [0, 0.1) is 24.0 Å². The summed E-state index contributed by atoms with van der Waals surface area (Å²) in [7, 11) is 0. The van der Waals surface area contributed by atoms with Crippen LogP contribution in [0.3, 0.4) is 0 Å². The quantitative estimate of drug-likeness (QED) is 0.287. The van der Waals surface area contributed by atoms with Gasteiger partial charge in [0.05, 0.1) is 41.3 Å². The number of rotatable bonds is 9. The summed E-state index contributed by atoms with van der Waals surface area (Å²) in [6.45, 7) is 7.80. The fourth-order valence-electron chi connectivity index (χ4n) is 3.73. The molecule has 0 saturated heterocycles. The van der Waals surface area contributed by atoms with Gasteiger partial charge in [0, 0.05) is 17.3 Å². The molecule has 1 amide bonds. The van der Waals surface area contributed by atoms with E-state index in [1.54, 1.807) is 38.1 Å². The summed E-state index contributed by atoms with van der Waals surface area (Å²) < 4.78 is 7.07. The minimum atomic E-state index is -0.931. The number of carbonyl (C=O) groups is 2. The predicted molar refractivity (Wildman–Crippen MR) is 126 cm³/mol. The van der Waals surface area contributed by atoms with E-state index in [0.717, 1.165) is 17.0 Å². The Labute approximate surface area is 197 Å². The molecule has 0 aliphatic rings. The number of nitrogens with zero attached hydrogens (tertiary/aromatic N) is 3. The van der Waals surface area contributed by atoms with Crippen LogP contribution in [0.15, 0.2) is 54.6 Å². The van der Waals surface area contributed by atoms with Gasteiger partial charge in [-0.05, 0) is 51.5 Å². The topological polar surface area (TPSA) is 116 Å². The first kappa shape index (κ1) is 24.6. The van der Waals surface area contributed by atoms with E-state index in [1.165, 1.54) is 18.2 Å². The Morgan fingerprint density at radius 1 is 1.12 bits per heavy atom. The first-order valence-electron chi connectivity index (χ1n) is 11.0. The van der Waals surface area contributed by atoms with E-state index in [4.69, 9.17) is 4.74 Å². The van der Waals surface area contributed by atoms with Crippen molar-refractivity contribution in [3.8, 4) is 0 Å². The number of carbonyl (C=O) groups excluding carboxylic acids is 2. The zero-order chi connectivity index (χ0) is 24.8. The maximum atomic E-state index is 13.1. The lowest BCUT2D eigenvalue weighted by Crippen LogP contribution is -2.31. The van der Waals surface area contributed by atoms with Gasteiger partial charge in [-0.3, -0.25) is 24.4 Å². The van der Waals surface area contributed by atoms with Crippen LogP contribution in [0.2, 0.25) is 0 Å². The molecule has 1 N–H and O–H groups in total. The van der Waals surface area contributed by atoms with Crippen molar-refractivity contribution in [1.82, 2.24) is 15.1 Å². The van der Waals surface area contributed by atoms with Crippen LogP contribution in [-0.4, -0.2) is 32.7 Å². The minimum absolute atomic E-state index is 0.177. The normalized spacial score (nSPS) is 11.8. The highest BCUT2D eigenvalue weighted by molar-refractivity contribution is 5.95. The second kappa shape index (κ2) is 10.7. The highest BCUT2D eigenvalue weighted by Gasteiger charge is 2.27. The van der Waals surface area contributed by atoms with Gasteiger partial charge in [0.25, 0.3) is 11.6 Å². The van der Waals surface area contributed by atoms with E-state index >= 15 is 0 Å². The lowest BCUT2D eigenvalue weighted by atomic mass is 10.0. The molecule has 3 aromatic rings. The van der Waals surface area contributed by atoms with Crippen LogP contribution in [0.25, 0.3) is 0 Å². The number of nitro benzene ring substituents is 1. The fourth-order valence-corrected chi connectivity index (χ4v) is 3.73. The lowest BCUT2D eigenvalue weighted by molar-refractivity contribution is -0.385. The van der Waals surface area contributed by atoms with Crippen molar-refractivity contribution < 1.29 is 19.2 Å². The third-order valence-corrected chi connectivity index (χ3v) is 5.18. The third kappa shape index (κ3) is 6.28. The zero-order valence-corrected chi connectivity index (χ0v) is 19.6.